The molecule has 4 N–H and O–H groups in total. The third kappa shape index (κ3) is 1.83. The van der Waals surface area contributed by atoms with Crippen molar-refractivity contribution < 1.29 is 20.1 Å². The number of rotatable bonds is 3. The Morgan fingerprint density at radius 3 is 2.75 bits per heavy atom. The number of fused-ring (bicyclic) bond motifs is 1. The normalized spacial score (nSPS) is 30.0. The minimum atomic E-state index is -1.17. The Morgan fingerprint density at radius 2 is 2.10 bits per heavy atom. The number of nitrogens with zero attached hydrogens (tertiary/aromatic N) is 4. The quantitative estimate of drug-likeness (QED) is 0.534. The Labute approximate surface area is 113 Å². The lowest BCUT2D eigenvalue weighted by molar-refractivity contribution is -0.0508. The zero-order valence-electron chi connectivity index (χ0n) is 10.7. The Kier molecular flexibility index (Phi) is 3.26. The maximum Gasteiger partial charge on any atom is 0.183 e. The fraction of sp³-hybridized carbons (Fsp3) is 0.545. The number of imidazole rings is 1. The van der Waals surface area contributed by atoms with Gasteiger partial charge >= 0.3 is 0 Å². The lowest BCUT2D eigenvalue weighted by atomic mass is 10.1. The van der Waals surface area contributed by atoms with Gasteiger partial charge < -0.3 is 25.4 Å². The van der Waals surface area contributed by atoms with Crippen molar-refractivity contribution in [2.24, 2.45) is 0 Å². The number of aliphatic hydroxyl groups excluding tert-OH is 3. The van der Waals surface area contributed by atoms with Gasteiger partial charge in [-0.3, -0.25) is 4.57 Å². The number of ether oxygens (including phenoxy) is 1. The van der Waals surface area contributed by atoms with Crippen molar-refractivity contribution in [3.05, 3.63) is 12.7 Å². The summed E-state index contributed by atoms with van der Waals surface area (Å²) in [6.45, 7) is -0.378. The van der Waals surface area contributed by atoms with E-state index in [2.05, 4.69) is 20.3 Å². The third-order valence-electron chi connectivity index (χ3n) is 3.39. The van der Waals surface area contributed by atoms with E-state index in [1.54, 1.807) is 11.6 Å². The fourth-order valence-electron chi connectivity index (χ4n) is 2.36. The molecule has 4 atom stereocenters. The first-order valence-electron chi connectivity index (χ1n) is 6.15. The summed E-state index contributed by atoms with van der Waals surface area (Å²) in [4.78, 5) is 12.2. The highest BCUT2D eigenvalue weighted by Crippen LogP contribution is 2.32. The molecule has 0 amide bonds. The zero-order chi connectivity index (χ0) is 14.3. The van der Waals surface area contributed by atoms with Crippen LogP contribution in [-0.4, -0.2) is 66.8 Å². The summed E-state index contributed by atoms with van der Waals surface area (Å²) in [5.74, 6) is 0.533. The van der Waals surface area contributed by atoms with Crippen LogP contribution in [0.4, 0.5) is 5.82 Å². The highest BCUT2D eigenvalue weighted by Gasteiger charge is 2.44. The second-order valence-electron chi connectivity index (χ2n) is 4.53. The van der Waals surface area contributed by atoms with Crippen LogP contribution in [0.1, 0.15) is 6.23 Å². The molecule has 0 aromatic carbocycles. The standard InChI is InChI=1S/C11H15N5O4/c1-12-9-6-10(14-3-13-9)15-4-16(6)11-8(19)7(18)5(2-17)20-11/h3-5,7-8,11,17-19H,2H2,1H3,(H,12,13,14)/t5-,7+,8-,11-/m0/s1. The van der Waals surface area contributed by atoms with E-state index in [-0.39, 0.29) is 6.61 Å². The predicted molar refractivity (Wildman–Crippen MR) is 67.9 cm³/mol. The lowest BCUT2D eigenvalue weighted by Gasteiger charge is -2.17. The average molecular weight is 281 g/mol. The molecule has 3 rings (SSSR count). The van der Waals surface area contributed by atoms with Crippen molar-refractivity contribution in [1.29, 1.82) is 0 Å². The van der Waals surface area contributed by atoms with Crippen LogP contribution < -0.4 is 5.32 Å². The first-order valence-corrected chi connectivity index (χ1v) is 6.15. The molecular formula is C11H15N5O4. The Hall–Kier alpha value is -1.81. The molecule has 3 heterocycles. The monoisotopic (exact) mass is 281 g/mol. The van der Waals surface area contributed by atoms with Crippen molar-refractivity contribution in [3.8, 4) is 0 Å². The van der Waals surface area contributed by atoms with E-state index in [4.69, 9.17) is 9.84 Å². The summed E-state index contributed by atoms with van der Waals surface area (Å²) < 4.78 is 7.02. The fourth-order valence-corrected chi connectivity index (χ4v) is 2.36. The number of hydrogen-bond acceptors (Lipinski definition) is 8. The van der Waals surface area contributed by atoms with Gasteiger partial charge in [-0.15, -0.1) is 0 Å². The minimum Gasteiger partial charge on any atom is -0.394 e. The van der Waals surface area contributed by atoms with Crippen LogP contribution in [-0.2, 0) is 4.74 Å². The predicted octanol–water partition coefficient (Wildman–Crippen LogP) is -1.52. The van der Waals surface area contributed by atoms with Crippen molar-refractivity contribution in [2.75, 3.05) is 19.0 Å². The van der Waals surface area contributed by atoms with Crippen LogP contribution >= 0.6 is 0 Å². The first kappa shape index (κ1) is 13.2. The SMILES string of the molecule is CNc1ncnc2ncn([C@H]3O[C@@H](CO)[C@@H](O)[C@@H]3O)c12. The summed E-state index contributed by atoms with van der Waals surface area (Å²) in [5, 5.41) is 31.9. The molecular weight excluding hydrogens is 266 g/mol. The van der Waals surface area contributed by atoms with Gasteiger partial charge in [0.1, 0.15) is 36.5 Å². The highest BCUT2D eigenvalue weighted by molar-refractivity contribution is 5.82. The largest absolute Gasteiger partial charge is 0.394 e. The maximum absolute atomic E-state index is 10.1. The van der Waals surface area contributed by atoms with Gasteiger partial charge in [0.25, 0.3) is 0 Å². The number of aromatic nitrogens is 4. The molecule has 108 valence electrons. The number of hydrogen-bond donors (Lipinski definition) is 4. The molecule has 0 saturated carbocycles. The summed E-state index contributed by atoms with van der Waals surface area (Å²) in [6, 6.07) is 0. The van der Waals surface area contributed by atoms with Gasteiger partial charge in [-0.2, -0.15) is 0 Å². The van der Waals surface area contributed by atoms with E-state index >= 15 is 0 Å². The van der Waals surface area contributed by atoms with Gasteiger partial charge in [0.2, 0.25) is 0 Å². The molecule has 0 radical (unpaired) electrons. The molecule has 20 heavy (non-hydrogen) atoms. The van der Waals surface area contributed by atoms with Gasteiger partial charge in [0, 0.05) is 7.05 Å². The van der Waals surface area contributed by atoms with Crippen molar-refractivity contribution >= 4 is 17.0 Å². The highest BCUT2D eigenvalue weighted by atomic mass is 16.6. The summed E-state index contributed by atoms with van der Waals surface area (Å²) in [6.07, 6.45) is -1.19. The Bertz CT molecular complexity index is 618. The molecule has 0 bridgehead atoms. The molecule has 2 aromatic rings. The molecule has 1 aliphatic rings. The van der Waals surface area contributed by atoms with Gasteiger partial charge in [-0.05, 0) is 0 Å². The van der Waals surface area contributed by atoms with Gasteiger partial charge in [-0.25, -0.2) is 15.0 Å². The van der Waals surface area contributed by atoms with Gasteiger partial charge in [-0.1, -0.05) is 0 Å². The second kappa shape index (κ2) is 4.94. The van der Waals surface area contributed by atoms with Crippen molar-refractivity contribution in [3.63, 3.8) is 0 Å². The van der Waals surface area contributed by atoms with Crippen LogP contribution in [0.5, 0.6) is 0 Å². The summed E-state index contributed by atoms with van der Waals surface area (Å²) >= 11 is 0. The molecule has 0 spiro atoms. The van der Waals surface area contributed by atoms with E-state index < -0.39 is 24.5 Å². The summed E-state index contributed by atoms with van der Waals surface area (Å²) in [7, 11) is 1.70. The van der Waals surface area contributed by atoms with Gasteiger partial charge in [0.15, 0.2) is 17.7 Å². The van der Waals surface area contributed by atoms with E-state index in [1.807, 2.05) is 0 Å². The maximum atomic E-state index is 10.1. The van der Waals surface area contributed by atoms with E-state index in [9.17, 15) is 10.2 Å². The topological polar surface area (TPSA) is 126 Å². The third-order valence-corrected chi connectivity index (χ3v) is 3.39. The van der Waals surface area contributed by atoms with Crippen LogP contribution in [0.15, 0.2) is 12.7 Å². The summed E-state index contributed by atoms with van der Waals surface area (Å²) in [5.41, 5.74) is 1.01. The smallest absolute Gasteiger partial charge is 0.183 e. The van der Waals surface area contributed by atoms with Crippen molar-refractivity contribution in [2.45, 2.75) is 24.5 Å². The first-order chi connectivity index (χ1) is 9.67. The van der Waals surface area contributed by atoms with Crippen LogP contribution in [0.25, 0.3) is 11.2 Å². The molecule has 0 unspecified atom stereocenters. The molecule has 1 saturated heterocycles. The molecule has 9 heteroatoms. The van der Waals surface area contributed by atoms with Crippen LogP contribution in [0.3, 0.4) is 0 Å². The average Bonchev–Trinajstić information content (AvgIpc) is 3.01. The number of anilines is 1. The molecule has 1 aliphatic heterocycles. The number of nitrogens with one attached hydrogen (secondary N) is 1. The Morgan fingerprint density at radius 1 is 1.30 bits per heavy atom. The lowest BCUT2D eigenvalue weighted by Crippen LogP contribution is -2.33. The second-order valence-corrected chi connectivity index (χ2v) is 4.53. The van der Waals surface area contributed by atoms with E-state index in [0.717, 1.165) is 0 Å². The van der Waals surface area contributed by atoms with Gasteiger partial charge in [0.05, 0.1) is 6.61 Å². The minimum absolute atomic E-state index is 0.378. The van der Waals surface area contributed by atoms with Crippen LogP contribution in [0.2, 0.25) is 0 Å². The number of aliphatic hydroxyl groups is 3. The van der Waals surface area contributed by atoms with Crippen molar-refractivity contribution in [1.82, 2.24) is 19.5 Å². The van der Waals surface area contributed by atoms with Crippen LogP contribution in [0, 0.1) is 0 Å². The molecule has 0 aliphatic carbocycles. The molecule has 2 aromatic heterocycles. The molecule has 9 nitrogen and oxygen atoms in total. The zero-order valence-corrected chi connectivity index (χ0v) is 10.7. The van der Waals surface area contributed by atoms with E-state index in [0.29, 0.717) is 17.0 Å². The molecule has 1 fully saturated rings. The Balaban J connectivity index is 2.07. The van der Waals surface area contributed by atoms with E-state index in [1.165, 1.54) is 12.7 Å².